The molecule has 5 heteroatoms. The van der Waals surface area contributed by atoms with Crippen LogP contribution in [-0.2, 0) is 11.3 Å². The summed E-state index contributed by atoms with van der Waals surface area (Å²) in [6, 6.07) is 33.1. The van der Waals surface area contributed by atoms with E-state index >= 15 is 0 Å². The van der Waals surface area contributed by atoms with Crippen molar-refractivity contribution >= 4 is 17.5 Å². The fourth-order valence-corrected chi connectivity index (χ4v) is 3.27. The molecule has 1 heterocycles. The van der Waals surface area contributed by atoms with Crippen molar-refractivity contribution in [2.45, 2.75) is 12.5 Å². The van der Waals surface area contributed by atoms with Crippen molar-refractivity contribution in [2.75, 3.05) is 10.6 Å². The van der Waals surface area contributed by atoms with Gasteiger partial charge in [-0.1, -0.05) is 91.0 Å². The molecule has 5 nitrogen and oxygen atoms in total. The molecule has 1 amide bonds. The Bertz CT molecular complexity index is 1030. The van der Waals surface area contributed by atoms with E-state index in [1.165, 1.54) is 0 Å². The van der Waals surface area contributed by atoms with Crippen molar-refractivity contribution in [3.63, 3.8) is 0 Å². The number of nitrogens with zero attached hydrogens (tertiary/aromatic N) is 2. The van der Waals surface area contributed by atoms with E-state index in [1.54, 1.807) is 6.07 Å². The van der Waals surface area contributed by atoms with Crippen LogP contribution in [0.5, 0.6) is 0 Å². The van der Waals surface area contributed by atoms with Crippen LogP contribution >= 0.6 is 0 Å². The molecule has 0 saturated heterocycles. The maximum Gasteiger partial charge on any atom is 0.237 e. The van der Waals surface area contributed by atoms with Crippen molar-refractivity contribution in [3.8, 4) is 0 Å². The van der Waals surface area contributed by atoms with Crippen LogP contribution in [0.3, 0.4) is 0 Å². The number of nitrogens with one attached hydrogen (secondary N) is 2. The molecule has 30 heavy (non-hydrogen) atoms. The molecule has 0 aliphatic heterocycles. The van der Waals surface area contributed by atoms with Gasteiger partial charge in [0.1, 0.15) is 5.82 Å². The average Bonchev–Trinajstić information content (AvgIpc) is 2.81. The summed E-state index contributed by atoms with van der Waals surface area (Å²) in [5.41, 5.74) is 3.01. The number of hydrogen-bond donors (Lipinski definition) is 2. The Kier molecular flexibility index (Phi) is 6.11. The summed E-state index contributed by atoms with van der Waals surface area (Å²) in [6.45, 7) is 0.658. The lowest BCUT2D eigenvalue weighted by molar-refractivity contribution is -0.116. The molecule has 0 spiro atoms. The van der Waals surface area contributed by atoms with Gasteiger partial charge in [-0.05, 0) is 28.8 Å². The van der Waals surface area contributed by atoms with E-state index in [0.717, 1.165) is 16.7 Å². The molecule has 1 aromatic heterocycles. The van der Waals surface area contributed by atoms with Crippen LogP contribution in [0, 0.1) is 0 Å². The fraction of sp³-hybridized carbons (Fsp3) is 0.0800. The monoisotopic (exact) mass is 394 g/mol. The first-order valence-electron chi connectivity index (χ1n) is 9.82. The zero-order valence-corrected chi connectivity index (χ0v) is 16.4. The Morgan fingerprint density at radius 1 is 0.667 bits per heavy atom. The zero-order valence-electron chi connectivity index (χ0n) is 16.4. The number of rotatable bonds is 7. The molecular weight excluding hydrogens is 372 g/mol. The van der Waals surface area contributed by atoms with E-state index in [9.17, 15) is 4.79 Å². The van der Waals surface area contributed by atoms with Gasteiger partial charge < -0.3 is 10.6 Å². The molecule has 3 aromatic carbocycles. The molecule has 4 rings (SSSR count). The fourth-order valence-electron chi connectivity index (χ4n) is 3.27. The topological polar surface area (TPSA) is 66.9 Å². The number of benzene rings is 3. The molecule has 0 aliphatic carbocycles. The number of aromatic nitrogens is 2. The van der Waals surface area contributed by atoms with E-state index in [2.05, 4.69) is 20.8 Å². The van der Waals surface area contributed by atoms with Gasteiger partial charge in [0.25, 0.3) is 0 Å². The van der Waals surface area contributed by atoms with Gasteiger partial charge in [-0.2, -0.15) is 0 Å². The lowest BCUT2D eigenvalue weighted by Crippen LogP contribution is -2.23. The molecule has 0 aliphatic rings. The second-order valence-corrected chi connectivity index (χ2v) is 6.89. The number of carbonyl (C=O) groups excluding carboxylic acids is 1. The minimum absolute atomic E-state index is 0.147. The summed E-state index contributed by atoms with van der Waals surface area (Å²) < 4.78 is 0. The number of anilines is 2. The van der Waals surface area contributed by atoms with E-state index in [1.807, 2.05) is 97.1 Å². The Hall–Kier alpha value is -3.99. The van der Waals surface area contributed by atoms with Gasteiger partial charge in [0.2, 0.25) is 5.91 Å². The molecule has 0 radical (unpaired) electrons. The Morgan fingerprint density at radius 3 is 1.70 bits per heavy atom. The van der Waals surface area contributed by atoms with Crippen LogP contribution < -0.4 is 10.6 Å². The Morgan fingerprint density at radius 2 is 1.17 bits per heavy atom. The average molecular weight is 394 g/mol. The lowest BCUT2D eigenvalue weighted by atomic mass is 9.90. The standard InChI is InChI=1S/C25H22N4O/c30-25(24(20-12-6-2-7-13-20)21-14-8-3-9-15-21)27-23-17-16-22(28-29-23)26-18-19-10-4-1-5-11-19/h1-17,24H,18H2,(H,26,28)(H,27,29,30). The van der Waals surface area contributed by atoms with E-state index < -0.39 is 5.92 Å². The molecule has 0 unspecified atom stereocenters. The van der Waals surface area contributed by atoms with Crippen LogP contribution in [0.2, 0.25) is 0 Å². The van der Waals surface area contributed by atoms with Crippen LogP contribution in [0.25, 0.3) is 0 Å². The summed E-state index contributed by atoms with van der Waals surface area (Å²) in [6.07, 6.45) is 0. The second-order valence-electron chi connectivity index (χ2n) is 6.89. The van der Waals surface area contributed by atoms with Gasteiger partial charge in [-0.3, -0.25) is 4.79 Å². The minimum atomic E-state index is -0.426. The molecule has 0 saturated carbocycles. The van der Waals surface area contributed by atoms with E-state index in [4.69, 9.17) is 0 Å². The highest BCUT2D eigenvalue weighted by Gasteiger charge is 2.23. The Labute approximate surface area is 175 Å². The smallest absolute Gasteiger partial charge is 0.237 e. The van der Waals surface area contributed by atoms with Crippen molar-refractivity contribution in [1.82, 2.24) is 10.2 Å². The first-order valence-corrected chi connectivity index (χ1v) is 9.82. The maximum absolute atomic E-state index is 13.1. The molecule has 0 fully saturated rings. The van der Waals surface area contributed by atoms with Gasteiger partial charge >= 0.3 is 0 Å². The van der Waals surface area contributed by atoms with Crippen LogP contribution in [0.4, 0.5) is 11.6 Å². The van der Waals surface area contributed by atoms with Gasteiger partial charge in [-0.25, -0.2) is 0 Å². The third-order valence-electron chi connectivity index (χ3n) is 4.76. The summed E-state index contributed by atoms with van der Waals surface area (Å²) >= 11 is 0. The minimum Gasteiger partial charge on any atom is -0.365 e. The largest absolute Gasteiger partial charge is 0.365 e. The number of amides is 1. The molecule has 0 bridgehead atoms. The number of hydrogen-bond acceptors (Lipinski definition) is 4. The molecule has 2 N–H and O–H groups in total. The van der Waals surface area contributed by atoms with Crippen LogP contribution in [0.15, 0.2) is 103 Å². The van der Waals surface area contributed by atoms with Gasteiger partial charge in [0.15, 0.2) is 5.82 Å². The summed E-state index contributed by atoms with van der Waals surface area (Å²) in [5.74, 6) is 0.499. The predicted octanol–water partition coefficient (Wildman–Crippen LogP) is 4.86. The lowest BCUT2D eigenvalue weighted by Gasteiger charge is -2.17. The highest BCUT2D eigenvalue weighted by Crippen LogP contribution is 2.26. The van der Waals surface area contributed by atoms with Crippen LogP contribution in [-0.4, -0.2) is 16.1 Å². The normalized spacial score (nSPS) is 10.6. The van der Waals surface area contributed by atoms with E-state index in [0.29, 0.717) is 18.2 Å². The highest BCUT2D eigenvalue weighted by molar-refractivity contribution is 5.97. The highest BCUT2D eigenvalue weighted by atomic mass is 16.2. The quantitative estimate of drug-likeness (QED) is 0.470. The molecular formula is C25H22N4O. The predicted molar refractivity (Wildman–Crippen MR) is 119 cm³/mol. The third-order valence-corrected chi connectivity index (χ3v) is 4.76. The third kappa shape index (κ3) is 4.89. The second kappa shape index (κ2) is 9.47. The first-order chi connectivity index (χ1) is 14.8. The molecule has 4 aromatic rings. The first kappa shape index (κ1) is 19.3. The molecule has 148 valence electrons. The molecule has 0 atom stereocenters. The number of carbonyl (C=O) groups is 1. The SMILES string of the molecule is O=C(Nc1ccc(NCc2ccccc2)nn1)C(c1ccccc1)c1ccccc1. The Balaban J connectivity index is 1.46. The van der Waals surface area contributed by atoms with Crippen molar-refractivity contribution in [1.29, 1.82) is 0 Å². The summed E-state index contributed by atoms with van der Waals surface area (Å²) in [4.78, 5) is 13.1. The maximum atomic E-state index is 13.1. The van der Waals surface area contributed by atoms with Crippen molar-refractivity contribution in [2.24, 2.45) is 0 Å². The summed E-state index contributed by atoms with van der Waals surface area (Å²) in [5, 5.41) is 14.5. The van der Waals surface area contributed by atoms with Crippen molar-refractivity contribution < 1.29 is 4.79 Å². The van der Waals surface area contributed by atoms with Crippen LogP contribution in [0.1, 0.15) is 22.6 Å². The summed E-state index contributed by atoms with van der Waals surface area (Å²) in [7, 11) is 0. The van der Waals surface area contributed by atoms with Gasteiger partial charge in [0.05, 0.1) is 5.92 Å². The van der Waals surface area contributed by atoms with Gasteiger partial charge in [-0.15, -0.1) is 10.2 Å². The van der Waals surface area contributed by atoms with Crippen molar-refractivity contribution in [3.05, 3.63) is 120 Å². The van der Waals surface area contributed by atoms with E-state index in [-0.39, 0.29) is 5.91 Å². The van der Waals surface area contributed by atoms with Gasteiger partial charge in [0, 0.05) is 6.54 Å². The zero-order chi connectivity index (χ0) is 20.6.